The normalized spacial score (nSPS) is 42.6. The Bertz CT molecular complexity index is 890. The summed E-state index contributed by atoms with van der Waals surface area (Å²) in [5, 5.41) is 3.43. The van der Waals surface area contributed by atoms with E-state index in [1.807, 2.05) is 6.07 Å². The molecule has 2 heterocycles. The Balaban J connectivity index is 1.15. The Morgan fingerprint density at radius 3 is 2.32 bits per heavy atom. The van der Waals surface area contributed by atoms with E-state index in [1.54, 1.807) is 12.1 Å². The van der Waals surface area contributed by atoms with Gasteiger partial charge in [0.05, 0.1) is 0 Å². The first-order valence-electron chi connectivity index (χ1n) is 12.1. The van der Waals surface area contributed by atoms with Crippen molar-refractivity contribution < 1.29 is 14.0 Å². The number of urea groups is 1. The van der Waals surface area contributed by atoms with Crippen molar-refractivity contribution in [1.82, 2.24) is 10.2 Å². The van der Waals surface area contributed by atoms with E-state index in [-0.39, 0.29) is 41.3 Å². The first-order chi connectivity index (χ1) is 14.9. The summed E-state index contributed by atoms with van der Waals surface area (Å²) < 4.78 is 13.7. The van der Waals surface area contributed by atoms with Gasteiger partial charge in [-0.2, -0.15) is 0 Å². The lowest BCUT2D eigenvalue weighted by atomic mass is 9.47. The van der Waals surface area contributed by atoms with Gasteiger partial charge in [-0.25, -0.2) is 9.18 Å². The smallest absolute Gasteiger partial charge is 0.318 e. The number of halogens is 1. The van der Waals surface area contributed by atoms with E-state index in [4.69, 9.17) is 5.73 Å². The van der Waals surface area contributed by atoms with E-state index in [1.165, 1.54) is 6.07 Å². The molecule has 31 heavy (non-hydrogen) atoms. The molecule has 5 atom stereocenters. The molecule has 7 rings (SSSR count). The Morgan fingerprint density at radius 1 is 1.03 bits per heavy atom. The van der Waals surface area contributed by atoms with Crippen molar-refractivity contribution in [2.45, 2.75) is 81.8 Å². The summed E-state index contributed by atoms with van der Waals surface area (Å²) in [6.45, 7) is 0. The predicted molar refractivity (Wildman–Crippen MR) is 115 cm³/mol. The van der Waals surface area contributed by atoms with Gasteiger partial charge in [0.15, 0.2) is 0 Å². The maximum Gasteiger partial charge on any atom is 0.318 e. The van der Waals surface area contributed by atoms with Crippen molar-refractivity contribution >= 4 is 11.9 Å². The quantitative estimate of drug-likeness (QED) is 0.770. The van der Waals surface area contributed by atoms with Crippen LogP contribution in [-0.4, -0.2) is 35.0 Å². The second kappa shape index (κ2) is 6.94. The molecule has 3 amide bonds. The van der Waals surface area contributed by atoms with E-state index in [0.29, 0.717) is 23.7 Å². The number of hydrogen-bond donors (Lipinski definition) is 2. The summed E-state index contributed by atoms with van der Waals surface area (Å²) in [5.74, 6) is 1.37. The highest BCUT2D eigenvalue weighted by Gasteiger charge is 2.58. The molecule has 1 aromatic rings. The molecule has 0 radical (unpaired) electrons. The average Bonchev–Trinajstić information content (AvgIpc) is 2.99. The SMILES string of the molecule is NC(=O)C12CC3CC(C1)C(NC(=O)N1[C@@H]4CC[C@H]1C[C@@H](c1cccc(F)c1)C4)C(C3)C2. The summed E-state index contributed by atoms with van der Waals surface area (Å²) in [5.41, 5.74) is 6.56. The predicted octanol–water partition coefficient (Wildman–Crippen LogP) is 3.93. The molecule has 3 N–H and O–H groups in total. The van der Waals surface area contributed by atoms with Gasteiger partial charge in [0, 0.05) is 23.5 Å². The number of carbonyl (C=O) groups is 2. The number of benzene rings is 1. The molecule has 6 aliphatic rings. The molecule has 2 saturated heterocycles. The van der Waals surface area contributed by atoms with Gasteiger partial charge in [-0.15, -0.1) is 0 Å². The van der Waals surface area contributed by atoms with Crippen molar-refractivity contribution in [3.05, 3.63) is 35.6 Å². The largest absolute Gasteiger partial charge is 0.369 e. The van der Waals surface area contributed by atoms with Crippen LogP contribution in [0, 0.1) is 29.0 Å². The molecule has 2 unspecified atom stereocenters. The first kappa shape index (κ1) is 19.6. The van der Waals surface area contributed by atoms with Crippen LogP contribution >= 0.6 is 0 Å². The van der Waals surface area contributed by atoms with Crippen molar-refractivity contribution in [2.75, 3.05) is 0 Å². The molecule has 4 saturated carbocycles. The summed E-state index contributed by atoms with van der Waals surface area (Å²) >= 11 is 0. The minimum absolute atomic E-state index is 0.0794. The number of carbonyl (C=O) groups excluding carboxylic acids is 2. The minimum Gasteiger partial charge on any atom is -0.369 e. The van der Waals surface area contributed by atoms with Gasteiger partial charge in [0.2, 0.25) is 5.91 Å². The monoisotopic (exact) mass is 425 g/mol. The van der Waals surface area contributed by atoms with Crippen molar-refractivity contribution in [3.63, 3.8) is 0 Å². The van der Waals surface area contributed by atoms with Crippen LogP contribution in [0.4, 0.5) is 9.18 Å². The molecular weight excluding hydrogens is 393 g/mol. The zero-order chi connectivity index (χ0) is 21.3. The summed E-state index contributed by atoms with van der Waals surface area (Å²) in [6.07, 6.45) is 8.77. The Hall–Kier alpha value is -2.11. The zero-order valence-electron chi connectivity index (χ0n) is 17.9. The highest BCUT2D eigenvalue weighted by atomic mass is 19.1. The number of nitrogens with one attached hydrogen (secondary N) is 1. The third kappa shape index (κ3) is 3.08. The highest BCUT2D eigenvalue weighted by Crippen LogP contribution is 2.60. The Labute approximate surface area is 182 Å². The highest BCUT2D eigenvalue weighted by molar-refractivity contribution is 5.81. The van der Waals surface area contributed by atoms with E-state index >= 15 is 0 Å². The number of amides is 3. The Morgan fingerprint density at radius 2 is 1.71 bits per heavy atom. The van der Waals surface area contributed by atoms with E-state index in [0.717, 1.165) is 63.4 Å². The van der Waals surface area contributed by atoms with Crippen LogP contribution in [0.25, 0.3) is 0 Å². The molecule has 2 aliphatic heterocycles. The lowest BCUT2D eigenvalue weighted by Gasteiger charge is -2.59. The van der Waals surface area contributed by atoms with Crippen LogP contribution < -0.4 is 11.1 Å². The number of rotatable bonds is 3. The lowest BCUT2D eigenvalue weighted by Crippen LogP contribution is -2.64. The van der Waals surface area contributed by atoms with Gasteiger partial charge < -0.3 is 16.0 Å². The van der Waals surface area contributed by atoms with Gasteiger partial charge in [-0.1, -0.05) is 12.1 Å². The van der Waals surface area contributed by atoms with Crippen molar-refractivity contribution in [1.29, 1.82) is 0 Å². The number of nitrogens with two attached hydrogens (primary N) is 1. The van der Waals surface area contributed by atoms with Crippen molar-refractivity contribution in [3.8, 4) is 0 Å². The number of primary amides is 1. The molecule has 6 fully saturated rings. The number of fused-ring (bicyclic) bond motifs is 2. The maximum absolute atomic E-state index is 13.7. The molecular formula is C25H32FN3O2. The van der Waals surface area contributed by atoms with Crippen molar-refractivity contribution in [2.24, 2.45) is 28.9 Å². The second-order valence-corrected chi connectivity index (χ2v) is 11.1. The Kier molecular flexibility index (Phi) is 4.38. The van der Waals surface area contributed by atoms with Crippen LogP contribution in [0.15, 0.2) is 24.3 Å². The summed E-state index contributed by atoms with van der Waals surface area (Å²) in [4.78, 5) is 27.7. The summed E-state index contributed by atoms with van der Waals surface area (Å²) in [6, 6.07) is 7.69. The fourth-order valence-corrected chi connectivity index (χ4v) is 8.32. The molecule has 166 valence electrons. The van der Waals surface area contributed by atoms with Crippen LogP contribution in [0.2, 0.25) is 0 Å². The van der Waals surface area contributed by atoms with Crippen LogP contribution in [-0.2, 0) is 4.79 Å². The first-order valence-corrected chi connectivity index (χ1v) is 12.1. The third-order valence-electron chi connectivity index (χ3n) is 9.37. The lowest BCUT2D eigenvalue weighted by molar-refractivity contribution is -0.145. The fraction of sp³-hybridized carbons (Fsp3) is 0.680. The molecule has 4 aliphatic carbocycles. The molecule has 0 spiro atoms. The molecule has 0 aromatic heterocycles. The van der Waals surface area contributed by atoms with Gasteiger partial charge in [-0.3, -0.25) is 4.79 Å². The number of hydrogen-bond acceptors (Lipinski definition) is 2. The second-order valence-electron chi connectivity index (χ2n) is 11.1. The number of piperidine rings is 1. The van der Waals surface area contributed by atoms with E-state index in [2.05, 4.69) is 10.2 Å². The van der Waals surface area contributed by atoms with E-state index < -0.39 is 0 Å². The van der Waals surface area contributed by atoms with Gasteiger partial charge in [0.1, 0.15) is 5.82 Å². The summed E-state index contributed by atoms with van der Waals surface area (Å²) in [7, 11) is 0. The van der Waals surface area contributed by atoms with Gasteiger partial charge in [0.25, 0.3) is 0 Å². The molecule has 6 heteroatoms. The third-order valence-corrected chi connectivity index (χ3v) is 9.37. The fourth-order valence-electron chi connectivity index (χ4n) is 8.32. The van der Waals surface area contributed by atoms with Gasteiger partial charge in [-0.05, 0) is 99.2 Å². The molecule has 5 nitrogen and oxygen atoms in total. The van der Waals surface area contributed by atoms with Crippen LogP contribution in [0.5, 0.6) is 0 Å². The minimum atomic E-state index is -0.319. The van der Waals surface area contributed by atoms with E-state index in [9.17, 15) is 14.0 Å². The molecule has 1 aromatic carbocycles. The topological polar surface area (TPSA) is 75.4 Å². The maximum atomic E-state index is 13.7. The standard InChI is InChI=1S/C25H32FN3O2/c26-19-3-1-2-15(8-19)16-9-20-4-5-21(10-16)29(20)24(31)28-22-17-6-14-7-18(22)13-25(11-14,12-17)23(27)30/h1-3,8,14,16-18,20-22H,4-7,9-13H2,(H2,27,30)(H,28,31)/t14?,16-,17?,18?,20+,21-,22?,25?. The van der Waals surface area contributed by atoms with Crippen LogP contribution in [0.3, 0.4) is 0 Å². The van der Waals surface area contributed by atoms with Crippen LogP contribution in [0.1, 0.15) is 69.3 Å². The van der Waals surface area contributed by atoms with Gasteiger partial charge >= 0.3 is 6.03 Å². The number of nitrogens with zero attached hydrogens (tertiary/aromatic N) is 1. The zero-order valence-corrected chi connectivity index (χ0v) is 17.9. The average molecular weight is 426 g/mol. The molecule has 6 bridgehead atoms.